The average Bonchev–Trinajstić information content (AvgIpc) is 3.27. The summed E-state index contributed by atoms with van der Waals surface area (Å²) in [5, 5.41) is 5.31. The van der Waals surface area contributed by atoms with Crippen LogP contribution in [0.15, 0.2) is 78.2 Å². The number of hydrogen-bond acceptors (Lipinski definition) is 5. The maximum absolute atomic E-state index is 12.6. The molecule has 0 saturated carbocycles. The predicted octanol–water partition coefficient (Wildman–Crippen LogP) is 5.75. The highest BCUT2D eigenvalue weighted by atomic mass is 32.1. The monoisotopic (exact) mass is 416 g/mol. The van der Waals surface area contributed by atoms with Crippen molar-refractivity contribution in [3.8, 4) is 33.9 Å². The number of nitrogens with zero attached hydrogens (tertiary/aromatic N) is 1. The fourth-order valence-corrected chi connectivity index (χ4v) is 3.75. The topological polar surface area (TPSA) is 60.5 Å². The number of benzene rings is 3. The molecule has 0 aliphatic rings. The maximum Gasteiger partial charge on any atom is 0.257 e. The third-order valence-corrected chi connectivity index (χ3v) is 5.38. The van der Waals surface area contributed by atoms with E-state index in [4.69, 9.17) is 9.47 Å². The molecule has 0 bridgehead atoms. The number of methoxy groups -OCH3 is 2. The van der Waals surface area contributed by atoms with Gasteiger partial charge in [0.2, 0.25) is 0 Å². The molecule has 150 valence electrons. The molecular weight excluding hydrogens is 396 g/mol. The van der Waals surface area contributed by atoms with Gasteiger partial charge in [0.05, 0.1) is 19.9 Å². The van der Waals surface area contributed by atoms with Crippen LogP contribution < -0.4 is 14.8 Å². The summed E-state index contributed by atoms with van der Waals surface area (Å²) in [6, 6.07) is 23.5. The molecule has 0 aliphatic carbocycles. The van der Waals surface area contributed by atoms with Crippen molar-refractivity contribution >= 4 is 22.4 Å². The number of aromatic nitrogens is 1. The SMILES string of the molecule is COc1cc(OC)cc(C(=O)Nc2nc(-c3ccc(-c4ccccc4)cc3)cs2)c1. The van der Waals surface area contributed by atoms with Gasteiger partial charge >= 0.3 is 0 Å². The van der Waals surface area contributed by atoms with Crippen LogP contribution in [0.3, 0.4) is 0 Å². The van der Waals surface area contributed by atoms with E-state index in [2.05, 4.69) is 34.6 Å². The predicted molar refractivity (Wildman–Crippen MR) is 120 cm³/mol. The highest BCUT2D eigenvalue weighted by Gasteiger charge is 2.13. The lowest BCUT2D eigenvalue weighted by molar-refractivity contribution is 0.102. The van der Waals surface area contributed by atoms with Crippen LogP contribution in [-0.4, -0.2) is 25.1 Å². The first-order chi connectivity index (χ1) is 14.7. The number of rotatable bonds is 6. The smallest absolute Gasteiger partial charge is 0.257 e. The van der Waals surface area contributed by atoms with Gasteiger partial charge in [-0.1, -0.05) is 54.6 Å². The Balaban J connectivity index is 1.50. The largest absolute Gasteiger partial charge is 0.497 e. The first kappa shape index (κ1) is 19.7. The molecule has 0 atom stereocenters. The number of thiazole rings is 1. The van der Waals surface area contributed by atoms with Gasteiger partial charge < -0.3 is 9.47 Å². The number of amides is 1. The molecule has 1 aromatic heterocycles. The molecule has 0 fully saturated rings. The number of carbonyl (C=O) groups excluding carboxylic acids is 1. The molecule has 5 nitrogen and oxygen atoms in total. The van der Waals surface area contributed by atoms with E-state index in [9.17, 15) is 4.79 Å². The van der Waals surface area contributed by atoms with E-state index >= 15 is 0 Å². The third kappa shape index (κ3) is 4.34. The van der Waals surface area contributed by atoms with E-state index in [1.54, 1.807) is 32.4 Å². The summed E-state index contributed by atoms with van der Waals surface area (Å²) in [7, 11) is 3.10. The molecule has 4 aromatic rings. The van der Waals surface area contributed by atoms with Crippen molar-refractivity contribution in [1.82, 2.24) is 4.98 Å². The number of anilines is 1. The second-order valence-electron chi connectivity index (χ2n) is 6.54. The molecule has 4 rings (SSSR count). The Morgan fingerprint density at radius 1 is 0.833 bits per heavy atom. The van der Waals surface area contributed by atoms with Gasteiger partial charge in [0.25, 0.3) is 5.91 Å². The van der Waals surface area contributed by atoms with E-state index in [1.807, 2.05) is 35.7 Å². The summed E-state index contributed by atoms with van der Waals surface area (Å²) in [6.07, 6.45) is 0. The van der Waals surface area contributed by atoms with Crippen molar-refractivity contribution in [2.24, 2.45) is 0 Å². The van der Waals surface area contributed by atoms with Gasteiger partial charge in [-0.15, -0.1) is 11.3 Å². The Labute approximate surface area is 178 Å². The average molecular weight is 417 g/mol. The highest BCUT2D eigenvalue weighted by Crippen LogP contribution is 2.28. The summed E-state index contributed by atoms with van der Waals surface area (Å²) in [6.45, 7) is 0. The van der Waals surface area contributed by atoms with Gasteiger partial charge in [-0.3, -0.25) is 10.1 Å². The fraction of sp³-hybridized carbons (Fsp3) is 0.0833. The molecule has 1 amide bonds. The minimum Gasteiger partial charge on any atom is -0.497 e. The van der Waals surface area contributed by atoms with Crippen LogP contribution in [0, 0.1) is 0 Å². The van der Waals surface area contributed by atoms with Crippen LogP contribution >= 0.6 is 11.3 Å². The maximum atomic E-state index is 12.6. The van der Waals surface area contributed by atoms with Gasteiger partial charge in [0, 0.05) is 22.6 Å². The van der Waals surface area contributed by atoms with Crippen LogP contribution in [0.1, 0.15) is 10.4 Å². The lowest BCUT2D eigenvalue weighted by Gasteiger charge is -2.08. The van der Waals surface area contributed by atoms with Crippen molar-refractivity contribution < 1.29 is 14.3 Å². The lowest BCUT2D eigenvalue weighted by Crippen LogP contribution is -2.12. The van der Waals surface area contributed by atoms with Crippen molar-refractivity contribution in [3.63, 3.8) is 0 Å². The molecule has 6 heteroatoms. The van der Waals surface area contributed by atoms with Crippen molar-refractivity contribution in [2.75, 3.05) is 19.5 Å². The Morgan fingerprint density at radius 2 is 1.43 bits per heavy atom. The summed E-state index contributed by atoms with van der Waals surface area (Å²) in [5.74, 6) is 0.836. The first-order valence-electron chi connectivity index (χ1n) is 9.32. The zero-order valence-electron chi connectivity index (χ0n) is 16.6. The van der Waals surface area contributed by atoms with Crippen LogP contribution in [-0.2, 0) is 0 Å². The van der Waals surface area contributed by atoms with E-state index in [1.165, 1.54) is 16.9 Å². The van der Waals surface area contributed by atoms with Gasteiger partial charge in [-0.25, -0.2) is 4.98 Å². The first-order valence-corrected chi connectivity index (χ1v) is 10.2. The van der Waals surface area contributed by atoms with E-state index in [0.717, 1.165) is 16.8 Å². The Hall–Kier alpha value is -3.64. The van der Waals surface area contributed by atoms with Crippen LogP contribution in [0.25, 0.3) is 22.4 Å². The van der Waals surface area contributed by atoms with Crippen LogP contribution in [0.2, 0.25) is 0 Å². The normalized spacial score (nSPS) is 10.5. The third-order valence-electron chi connectivity index (χ3n) is 4.63. The van der Waals surface area contributed by atoms with Gasteiger partial charge in [0.1, 0.15) is 11.5 Å². The zero-order chi connectivity index (χ0) is 20.9. The van der Waals surface area contributed by atoms with Crippen molar-refractivity contribution in [2.45, 2.75) is 0 Å². The van der Waals surface area contributed by atoms with Gasteiger partial charge in [0.15, 0.2) is 5.13 Å². The number of nitrogens with one attached hydrogen (secondary N) is 1. The van der Waals surface area contributed by atoms with Gasteiger partial charge in [-0.2, -0.15) is 0 Å². The quantitative estimate of drug-likeness (QED) is 0.435. The fourth-order valence-electron chi connectivity index (χ4n) is 3.04. The Kier molecular flexibility index (Phi) is 5.77. The summed E-state index contributed by atoms with van der Waals surface area (Å²) in [5.41, 5.74) is 4.57. The van der Waals surface area contributed by atoms with Gasteiger partial charge in [-0.05, 0) is 23.3 Å². The number of carbonyl (C=O) groups is 1. The summed E-state index contributed by atoms with van der Waals surface area (Å²) >= 11 is 1.38. The minimum atomic E-state index is -0.271. The van der Waals surface area contributed by atoms with Crippen LogP contribution in [0.5, 0.6) is 11.5 Å². The molecule has 0 aliphatic heterocycles. The molecule has 0 unspecified atom stereocenters. The van der Waals surface area contributed by atoms with Crippen molar-refractivity contribution in [3.05, 3.63) is 83.7 Å². The van der Waals surface area contributed by atoms with E-state index in [0.29, 0.717) is 22.2 Å². The Morgan fingerprint density at radius 3 is 2.07 bits per heavy atom. The molecule has 30 heavy (non-hydrogen) atoms. The lowest BCUT2D eigenvalue weighted by atomic mass is 10.0. The standard InChI is InChI=1S/C24H20N2O3S/c1-28-20-12-19(13-21(14-20)29-2)23(27)26-24-25-22(15-30-24)18-10-8-17(9-11-18)16-6-4-3-5-7-16/h3-15H,1-2H3,(H,25,26,27). The highest BCUT2D eigenvalue weighted by molar-refractivity contribution is 7.14. The molecule has 3 aromatic carbocycles. The second kappa shape index (κ2) is 8.80. The number of hydrogen-bond donors (Lipinski definition) is 1. The minimum absolute atomic E-state index is 0.271. The second-order valence-corrected chi connectivity index (χ2v) is 7.39. The van der Waals surface area contributed by atoms with Crippen LogP contribution in [0.4, 0.5) is 5.13 Å². The van der Waals surface area contributed by atoms with E-state index < -0.39 is 0 Å². The summed E-state index contributed by atoms with van der Waals surface area (Å²) < 4.78 is 10.5. The molecule has 0 saturated heterocycles. The Bertz CT molecular complexity index is 1130. The molecule has 0 radical (unpaired) electrons. The van der Waals surface area contributed by atoms with Crippen molar-refractivity contribution in [1.29, 1.82) is 0 Å². The zero-order valence-corrected chi connectivity index (χ0v) is 17.4. The van der Waals surface area contributed by atoms with E-state index in [-0.39, 0.29) is 5.91 Å². The summed E-state index contributed by atoms with van der Waals surface area (Å²) in [4.78, 5) is 17.2. The molecule has 1 N–H and O–H groups in total. The molecule has 1 heterocycles. The molecule has 0 spiro atoms. The molecular formula is C24H20N2O3S. The number of ether oxygens (including phenoxy) is 2.